The van der Waals surface area contributed by atoms with E-state index in [2.05, 4.69) is 5.10 Å². The van der Waals surface area contributed by atoms with Crippen LogP contribution in [0.25, 0.3) is 0 Å². The SMILES string of the molecule is O=C(O)[C@H]1CCCCN1C(=O)CCCn1cccn1. The van der Waals surface area contributed by atoms with Crippen LogP contribution in [0.15, 0.2) is 18.5 Å². The molecule has 0 radical (unpaired) electrons. The number of amides is 1. The Bertz CT molecular complexity index is 430. The van der Waals surface area contributed by atoms with Gasteiger partial charge in [0.15, 0.2) is 0 Å². The Kier molecular flexibility index (Phi) is 4.54. The van der Waals surface area contributed by atoms with E-state index in [0.717, 1.165) is 12.8 Å². The van der Waals surface area contributed by atoms with Crippen LogP contribution in [0.4, 0.5) is 0 Å². The maximum Gasteiger partial charge on any atom is 0.326 e. The lowest BCUT2D eigenvalue weighted by molar-refractivity contribution is -0.152. The van der Waals surface area contributed by atoms with Gasteiger partial charge in [0, 0.05) is 31.9 Å². The molecule has 0 saturated carbocycles. The zero-order chi connectivity index (χ0) is 13.7. The van der Waals surface area contributed by atoms with Gasteiger partial charge in [0.25, 0.3) is 0 Å². The molecule has 6 nitrogen and oxygen atoms in total. The van der Waals surface area contributed by atoms with Gasteiger partial charge in [-0.1, -0.05) is 0 Å². The van der Waals surface area contributed by atoms with Crippen molar-refractivity contribution in [1.82, 2.24) is 14.7 Å². The summed E-state index contributed by atoms with van der Waals surface area (Å²) in [6, 6.07) is 1.21. The van der Waals surface area contributed by atoms with E-state index in [1.807, 2.05) is 12.3 Å². The van der Waals surface area contributed by atoms with E-state index in [1.54, 1.807) is 10.9 Å². The molecule has 0 spiro atoms. The largest absolute Gasteiger partial charge is 0.480 e. The highest BCUT2D eigenvalue weighted by Gasteiger charge is 2.31. The van der Waals surface area contributed by atoms with Gasteiger partial charge in [-0.3, -0.25) is 9.48 Å². The molecule has 6 heteroatoms. The fourth-order valence-electron chi connectivity index (χ4n) is 2.46. The summed E-state index contributed by atoms with van der Waals surface area (Å²) in [5.74, 6) is -0.945. The number of hydrogen-bond donors (Lipinski definition) is 1. The summed E-state index contributed by atoms with van der Waals surface area (Å²) in [5.41, 5.74) is 0. The zero-order valence-corrected chi connectivity index (χ0v) is 10.9. The van der Waals surface area contributed by atoms with Gasteiger partial charge >= 0.3 is 5.97 Å². The molecule has 1 fully saturated rings. The third kappa shape index (κ3) is 3.56. The Balaban J connectivity index is 1.82. The maximum atomic E-state index is 12.1. The van der Waals surface area contributed by atoms with Crippen molar-refractivity contribution in [3.05, 3.63) is 18.5 Å². The number of carbonyl (C=O) groups excluding carboxylic acids is 1. The second-order valence-electron chi connectivity index (χ2n) is 4.81. The Morgan fingerprint density at radius 2 is 2.21 bits per heavy atom. The van der Waals surface area contributed by atoms with Gasteiger partial charge in [0.1, 0.15) is 6.04 Å². The predicted octanol–water partition coefficient (Wildman–Crippen LogP) is 1.13. The van der Waals surface area contributed by atoms with Crippen molar-refractivity contribution in [2.24, 2.45) is 0 Å². The molecule has 1 saturated heterocycles. The lowest BCUT2D eigenvalue weighted by Gasteiger charge is -2.33. The molecule has 1 aromatic rings. The number of nitrogens with zero attached hydrogens (tertiary/aromatic N) is 3. The lowest BCUT2D eigenvalue weighted by atomic mass is 10.0. The number of aromatic nitrogens is 2. The number of piperidine rings is 1. The number of carboxylic acid groups (broad SMARTS) is 1. The van der Waals surface area contributed by atoms with Gasteiger partial charge in [-0.05, 0) is 31.7 Å². The molecule has 1 N–H and O–H groups in total. The Hall–Kier alpha value is -1.85. The van der Waals surface area contributed by atoms with E-state index in [-0.39, 0.29) is 5.91 Å². The molecule has 104 valence electrons. The molecule has 2 heterocycles. The normalized spacial score (nSPS) is 19.4. The quantitative estimate of drug-likeness (QED) is 0.866. The number of aliphatic carboxylic acids is 1. The molecule has 2 rings (SSSR count). The monoisotopic (exact) mass is 265 g/mol. The summed E-state index contributed by atoms with van der Waals surface area (Å²) in [6.45, 7) is 1.25. The van der Waals surface area contributed by atoms with Crippen molar-refractivity contribution in [2.45, 2.75) is 44.7 Å². The van der Waals surface area contributed by atoms with Gasteiger partial charge in [-0.15, -0.1) is 0 Å². The van der Waals surface area contributed by atoms with Gasteiger partial charge in [-0.25, -0.2) is 4.79 Å². The van der Waals surface area contributed by atoms with Gasteiger partial charge in [0.2, 0.25) is 5.91 Å². The van der Waals surface area contributed by atoms with Crippen molar-refractivity contribution < 1.29 is 14.7 Å². The summed E-state index contributed by atoms with van der Waals surface area (Å²) < 4.78 is 1.78. The molecule has 1 atom stereocenters. The molecule has 0 aliphatic carbocycles. The molecule has 0 aromatic carbocycles. The molecule has 1 aliphatic heterocycles. The first-order valence-electron chi connectivity index (χ1n) is 6.68. The topological polar surface area (TPSA) is 75.4 Å². The van der Waals surface area contributed by atoms with Crippen LogP contribution in [0.2, 0.25) is 0 Å². The van der Waals surface area contributed by atoms with Crippen LogP contribution >= 0.6 is 0 Å². The number of likely N-dealkylation sites (tertiary alicyclic amines) is 1. The third-order valence-electron chi connectivity index (χ3n) is 3.45. The lowest BCUT2D eigenvalue weighted by Crippen LogP contribution is -2.47. The van der Waals surface area contributed by atoms with Crippen LogP contribution in [0.1, 0.15) is 32.1 Å². The highest BCUT2D eigenvalue weighted by molar-refractivity contribution is 5.83. The van der Waals surface area contributed by atoms with Crippen molar-refractivity contribution >= 4 is 11.9 Å². The van der Waals surface area contributed by atoms with Crippen LogP contribution in [-0.4, -0.2) is 44.3 Å². The molecule has 1 aromatic heterocycles. The summed E-state index contributed by atoms with van der Waals surface area (Å²) in [5, 5.41) is 13.2. The second-order valence-corrected chi connectivity index (χ2v) is 4.81. The number of rotatable bonds is 5. The van der Waals surface area contributed by atoms with E-state index in [1.165, 1.54) is 4.90 Å². The zero-order valence-electron chi connectivity index (χ0n) is 10.9. The van der Waals surface area contributed by atoms with Gasteiger partial charge in [0.05, 0.1) is 0 Å². The summed E-state index contributed by atoms with van der Waals surface area (Å²) in [7, 11) is 0. The van der Waals surface area contributed by atoms with E-state index in [4.69, 9.17) is 5.11 Å². The van der Waals surface area contributed by atoms with Crippen LogP contribution < -0.4 is 0 Å². The van der Waals surface area contributed by atoms with Crippen LogP contribution in [0.5, 0.6) is 0 Å². The average Bonchev–Trinajstić information content (AvgIpc) is 2.91. The van der Waals surface area contributed by atoms with Crippen molar-refractivity contribution in [1.29, 1.82) is 0 Å². The summed E-state index contributed by atoms with van der Waals surface area (Å²) >= 11 is 0. The first kappa shape index (κ1) is 13.6. The molecule has 1 aliphatic rings. The fourth-order valence-corrected chi connectivity index (χ4v) is 2.46. The smallest absolute Gasteiger partial charge is 0.326 e. The molecule has 1 amide bonds. The second kappa shape index (κ2) is 6.36. The Morgan fingerprint density at radius 1 is 1.37 bits per heavy atom. The standard InChI is InChI=1S/C13H19N3O3/c17-12(6-3-8-15-9-4-7-14-15)16-10-2-1-5-11(16)13(18)19/h4,7,9,11H,1-3,5-6,8,10H2,(H,18,19)/t11-/m1/s1. The summed E-state index contributed by atoms with van der Waals surface area (Å²) in [6.07, 6.45) is 6.97. The number of carbonyl (C=O) groups is 2. The highest BCUT2D eigenvalue weighted by Crippen LogP contribution is 2.18. The molecule has 0 unspecified atom stereocenters. The minimum atomic E-state index is -0.889. The van der Waals surface area contributed by atoms with E-state index >= 15 is 0 Å². The van der Waals surface area contributed by atoms with Gasteiger partial charge < -0.3 is 10.0 Å². The minimum absolute atomic E-state index is 0.0562. The Morgan fingerprint density at radius 3 is 2.89 bits per heavy atom. The van der Waals surface area contributed by atoms with E-state index in [0.29, 0.717) is 32.4 Å². The van der Waals surface area contributed by atoms with Crippen LogP contribution in [-0.2, 0) is 16.1 Å². The molecule has 19 heavy (non-hydrogen) atoms. The Labute approximate surface area is 112 Å². The minimum Gasteiger partial charge on any atom is -0.480 e. The molecule has 0 bridgehead atoms. The van der Waals surface area contributed by atoms with E-state index < -0.39 is 12.0 Å². The average molecular weight is 265 g/mol. The van der Waals surface area contributed by atoms with Crippen LogP contribution in [0, 0.1) is 0 Å². The van der Waals surface area contributed by atoms with Crippen LogP contribution in [0.3, 0.4) is 0 Å². The number of aryl methyl sites for hydroxylation is 1. The van der Waals surface area contributed by atoms with Crippen molar-refractivity contribution in [2.75, 3.05) is 6.54 Å². The summed E-state index contributed by atoms with van der Waals surface area (Å²) in [4.78, 5) is 24.7. The predicted molar refractivity (Wildman–Crippen MR) is 68.4 cm³/mol. The van der Waals surface area contributed by atoms with Gasteiger partial charge in [-0.2, -0.15) is 5.10 Å². The van der Waals surface area contributed by atoms with Crippen molar-refractivity contribution in [3.8, 4) is 0 Å². The first-order chi connectivity index (χ1) is 9.18. The fraction of sp³-hybridized carbons (Fsp3) is 0.615. The number of hydrogen-bond acceptors (Lipinski definition) is 3. The first-order valence-corrected chi connectivity index (χ1v) is 6.68. The number of carboxylic acids is 1. The molecular weight excluding hydrogens is 246 g/mol. The highest BCUT2D eigenvalue weighted by atomic mass is 16.4. The molecular formula is C13H19N3O3. The van der Waals surface area contributed by atoms with Crippen molar-refractivity contribution in [3.63, 3.8) is 0 Å². The van der Waals surface area contributed by atoms with E-state index in [9.17, 15) is 9.59 Å². The third-order valence-corrected chi connectivity index (χ3v) is 3.45. The maximum absolute atomic E-state index is 12.1.